The molecule has 0 N–H and O–H groups in total. The topological polar surface area (TPSA) is 0 Å². The van der Waals surface area contributed by atoms with Crippen molar-refractivity contribution in [3.8, 4) is 0 Å². The van der Waals surface area contributed by atoms with E-state index < -0.39 is 0 Å². The van der Waals surface area contributed by atoms with Gasteiger partial charge in [0, 0.05) is 5.41 Å². The molecule has 90 valence electrons. The van der Waals surface area contributed by atoms with E-state index in [9.17, 15) is 0 Å². The molecule has 1 aliphatic rings. The number of hydrogen-bond acceptors (Lipinski definition) is 0. The Labute approximate surface area is 101 Å². The van der Waals surface area contributed by atoms with E-state index in [1.54, 1.807) is 0 Å². The van der Waals surface area contributed by atoms with Gasteiger partial charge in [-0.15, -0.1) is 0 Å². The van der Waals surface area contributed by atoms with Crippen LogP contribution >= 0.6 is 0 Å². The predicted molar refractivity (Wildman–Crippen MR) is 73.5 cm³/mol. The Kier molecular flexibility index (Phi) is 3.52. The van der Waals surface area contributed by atoms with E-state index in [2.05, 4.69) is 66.7 Å². The van der Waals surface area contributed by atoms with Gasteiger partial charge < -0.3 is 0 Å². The number of allylic oxidation sites excluding steroid dienone is 6. The summed E-state index contributed by atoms with van der Waals surface area (Å²) < 4.78 is 0. The van der Waals surface area contributed by atoms with Gasteiger partial charge in [0.15, 0.2) is 0 Å². The van der Waals surface area contributed by atoms with Crippen molar-refractivity contribution >= 4 is 0 Å². The molecule has 0 aliphatic heterocycles. The van der Waals surface area contributed by atoms with Crippen LogP contribution in [0.5, 0.6) is 0 Å². The first-order chi connectivity index (χ1) is 7.18. The molecular weight excluding hydrogens is 192 g/mol. The smallest absolute Gasteiger partial charge is 0.00405 e. The van der Waals surface area contributed by atoms with Crippen molar-refractivity contribution in [2.75, 3.05) is 0 Å². The van der Waals surface area contributed by atoms with Crippen LogP contribution in [0.4, 0.5) is 0 Å². The van der Waals surface area contributed by atoms with Crippen LogP contribution < -0.4 is 0 Å². The van der Waals surface area contributed by atoms with Crippen molar-refractivity contribution in [1.82, 2.24) is 0 Å². The molecule has 0 aromatic rings. The Morgan fingerprint density at radius 1 is 1.19 bits per heavy atom. The van der Waals surface area contributed by atoms with E-state index in [0.717, 1.165) is 6.42 Å². The summed E-state index contributed by atoms with van der Waals surface area (Å²) in [7, 11) is 0. The zero-order chi connectivity index (χ0) is 12.6. The summed E-state index contributed by atoms with van der Waals surface area (Å²) in [6.45, 7) is 16.0. The molecule has 0 aromatic heterocycles. The maximum Gasteiger partial charge on any atom is 0.00405 e. The van der Waals surface area contributed by atoms with E-state index in [1.807, 2.05) is 0 Å². The van der Waals surface area contributed by atoms with Crippen LogP contribution in [0.1, 0.15) is 54.9 Å². The highest BCUT2D eigenvalue weighted by molar-refractivity contribution is 5.42. The van der Waals surface area contributed by atoms with Gasteiger partial charge in [-0.25, -0.2) is 0 Å². The van der Waals surface area contributed by atoms with Gasteiger partial charge in [-0.2, -0.15) is 0 Å². The van der Waals surface area contributed by atoms with Gasteiger partial charge in [0.2, 0.25) is 0 Å². The summed E-state index contributed by atoms with van der Waals surface area (Å²) in [5.41, 5.74) is 4.87. The Morgan fingerprint density at radius 2 is 1.75 bits per heavy atom. The van der Waals surface area contributed by atoms with E-state index >= 15 is 0 Å². The largest absolute Gasteiger partial charge is 0.0745 e. The first-order valence-corrected chi connectivity index (χ1v) is 6.30. The monoisotopic (exact) mass is 218 g/mol. The number of hydrogen-bond donors (Lipinski definition) is 0. The van der Waals surface area contributed by atoms with Gasteiger partial charge >= 0.3 is 0 Å². The highest BCUT2D eigenvalue weighted by atomic mass is 14.3. The molecule has 0 nitrogen and oxygen atoms in total. The Bertz CT molecular complexity index is 354. The lowest BCUT2D eigenvalue weighted by Gasteiger charge is -2.22. The fourth-order valence-corrected chi connectivity index (χ4v) is 2.01. The van der Waals surface area contributed by atoms with Crippen molar-refractivity contribution in [2.24, 2.45) is 10.8 Å². The predicted octanol–water partition coefficient (Wildman–Crippen LogP) is 5.28. The summed E-state index contributed by atoms with van der Waals surface area (Å²) in [5, 5.41) is 0. The van der Waals surface area contributed by atoms with Gasteiger partial charge in [-0.05, 0) is 29.9 Å². The van der Waals surface area contributed by atoms with Gasteiger partial charge in [0.25, 0.3) is 0 Å². The minimum atomic E-state index is 0.189. The van der Waals surface area contributed by atoms with Crippen LogP contribution in [0.15, 0.2) is 34.9 Å². The molecule has 0 saturated heterocycles. The third kappa shape index (κ3) is 2.66. The van der Waals surface area contributed by atoms with Gasteiger partial charge in [0.1, 0.15) is 0 Å². The quantitative estimate of drug-likeness (QED) is 0.561. The van der Waals surface area contributed by atoms with Gasteiger partial charge in [0.05, 0.1) is 0 Å². The van der Waals surface area contributed by atoms with Crippen LogP contribution in [-0.4, -0.2) is 0 Å². The lowest BCUT2D eigenvalue weighted by atomic mass is 9.82. The molecule has 1 aliphatic carbocycles. The van der Waals surface area contributed by atoms with Crippen molar-refractivity contribution in [3.63, 3.8) is 0 Å². The third-order valence-corrected chi connectivity index (χ3v) is 3.70. The second-order valence-electron chi connectivity index (χ2n) is 6.41. The second kappa shape index (κ2) is 4.24. The highest BCUT2D eigenvalue weighted by Gasteiger charge is 2.24. The van der Waals surface area contributed by atoms with Gasteiger partial charge in [-0.1, -0.05) is 65.3 Å². The fourth-order valence-electron chi connectivity index (χ4n) is 2.01. The summed E-state index contributed by atoms with van der Waals surface area (Å²) in [6, 6.07) is 0. The molecule has 16 heavy (non-hydrogen) atoms. The average molecular weight is 218 g/mol. The molecule has 0 atom stereocenters. The van der Waals surface area contributed by atoms with Crippen molar-refractivity contribution in [3.05, 3.63) is 34.9 Å². The Balaban J connectivity index is 3.31. The van der Waals surface area contributed by atoms with E-state index in [-0.39, 0.29) is 10.8 Å². The lowest BCUT2D eigenvalue weighted by molar-refractivity contribution is 0.515. The molecular formula is C16H26. The molecule has 0 fully saturated rings. The Hall–Kier alpha value is -0.780. The molecule has 0 heteroatoms. The molecule has 0 unspecified atom stereocenters. The zero-order valence-electron chi connectivity index (χ0n) is 11.9. The van der Waals surface area contributed by atoms with Crippen LogP contribution in [0.2, 0.25) is 0 Å². The van der Waals surface area contributed by atoms with E-state index in [4.69, 9.17) is 0 Å². The van der Waals surface area contributed by atoms with E-state index in [1.165, 1.54) is 16.7 Å². The second-order valence-corrected chi connectivity index (χ2v) is 6.41. The van der Waals surface area contributed by atoms with Crippen LogP contribution in [-0.2, 0) is 0 Å². The van der Waals surface area contributed by atoms with Crippen LogP contribution in [0.25, 0.3) is 0 Å². The maximum atomic E-state index is 2.39. The first kappa shape index (κ1) is 13.3. The normalized spacial score (nSPS) is 20.8. The Morgan fingerprint density at radius 3 is 2.19 bits per heavy atom. The molecule has 0 saturated carbocycles. The van der Waals surface area contributed by atoms with Gasteiger partial charge in [-0.3, -0.25) is 0 Å². The minimum absolute atomic E-state index is 0.189. The van der Waals surface area contributed by atoms with Crippen molar-refractivity contribution < 1.29 is 0 Å². The zero-order valence-corrected chi connectivity index (χ0v) is 11.9. The molecule has 0 aromatic carbocycles. The van der Waals surface area contributed by atoms with Crippen LogP contribution in [0, 0.1) is 10.8 Å². The number of rotatable bonds is 1. The van der Waals surface area contributed by atoms with Crippen LogP contribution in [0.3, 0.4) is 0 Å². The third-order valence-electron chi connectivity index (χ3n) is 3.70. The molecule has 0 bridgehead atoms. The molecule has 0 spiro atoms. The van der Waals surface area contributed by atoms with E-state index in [0.29, 0.717) is 0 Å². The van der Waals surface area contributed by atoms with Crippen molar-refractivity contribution in [1.29, 1.82) is 0 Å². The SMILES string of the molecule is CCC1=C(C)C(C)(C)C=CC(C(C)(C)C)=C1. The standard InChI is InChI=1S/C16H26/c1-8-13-11-14(15(3,4)5)9-10-16(6,7)12(13)2/h9-11H,8H2,1-7H3. The molecule has 1 rings (SSSR count). The molecule has 0 heterocycles. The average Bonchev–Trinajstić information content (AvgIpc) is 2.25. The summed E-state index contributed by atoms with van der Waals surface area (Å²) >= 11 is 0. The fraction of sp³-hybridized carbons (Fsp3) is 0.625. The molecule has 0 radical (unpaired) electrons. The summed E-state index contributed by atoms with van der Waals surface area (Å²) in [5.74, 6) is 0. The maximum absolute atomic E-state index is 2.39. The minimum Gasteiger partial charge on any atom is -0.0745 e. The highest BCUT2D eigenvalue weighted by Crippen LogP contribution is 2.38. The molecule has 0 amide bonds. The van der Waals surface area contributed by atoms with Crippen molar-refractivity contribution in [2.45, 2.75) is 54.9 Å². The lowest BCUT2D eigenvalue weighted by Crippen LogP contribution is -2.10. The summed E-state index contributed by atoms with van der Waals surface area (Å²) in [6.07, 6.45) is 8.17. The summed E-state index contributed by atoms with van der Waals surface area (Å²) in [4.78, 5) is 0. The first-order valence-electron chi connectivity index (χ1n) is 6.30.